The van der Waals surface area contributed by atoms with Crippen LogP contribution in [0.2, 0.25) is 0 Å². The lowest BCUT2D eigenvalue weighted by atomic mass is 9.84. The summed E-state index contributed by atoms with van der Waals surface area (Å²) in [5.41, 5.74) is 1.30. The zero-order chi connectivity index (χ0) is 16.1. The highest BCUT2D eigenvalue weighted by atomic mass is 16.3. The molecule has 0 aromatic heterocycles. The van der Waals surface area contributed by atoms with Crippen LogP contribution in [0.5, 0.6) is 0 Å². The summed E-state index contributed by atoms with van der Waals surface area (Å²) in [6.07, 6.45) is 1.82. The van der Waals surface area contributed by atoms with E-state index < -0.39 is 11.7 Å². The number of hydrogen-bond donors (Lipinski definition) is 2. The van der Waals surface area contributed by atoms with Crippen LogP contribution in [-0.2, 0) is 5.60 Å². The van der Waals surface area contributed by atoms with E-state index in [4.69, 9.17) is 0 Å². The Morgan fingerprint density at radius 2 is 1.48 bits per heavy atom. The van der Waals surface area contributed by atoms with Gasteiger partial charge in [-0.25, -0.2) is 0 Å². The van der Waals surface area contributed by atoms with Crippen LogP contribution in [0, 0.1) is 0 Å². The highest BCUT2D eigenvalue weighted by Gasteiger charge is 2.33. The maximum absolute atomic E-state index is 10.8. The monoisotopic (exact) mass is 311 g/mol. The van der Waals surface area contributed by atoms with Gasteiger partial charge in [-0.05, 0) is 30.4 Å². The lowest BCUT2D eigenvalue weighted by Gasteiger charge is -2.38. The fourth-order valence-corrected chi connectivity index (χ4v) is 3.33. The molecule has 0 spiro atoms. The summed E-state index contributed by atoms with van der Waals surface area (Å²) in [6, 6.07) is 19.8. The van der Waals surface area contributed by atoms with Crippen LogP contribution in [0.25, 0.3) is 0 Å². The standard InChI is InChI=1S/C20H25NO2/c22-19(17-7-3-1-4-8-17)11-14-21-15-12-20(23,13-16-21)18-9-5-2-6-10-18/h1-10,19,22-23H,11-16H2. The minimum Gasteiger partial charge on any atom is -0.388 e. The van der Waals surface area contributed by atoms with E-state index in [1.165, 1.54) is 0 Å². The molecule has 3 heteroatoms. The highest BCUT2D eigenvalue weighted by molar-refractivity contribution is 5.23. The lowest BCUT2D eigenvalue weighted by molar-refractivity contribution is -0.0280. The molecule has 1 fully saturated rings. The molecule has 23 heavy (non-hydrogen) atoms. The number of likely N-dealkylation sites (tertiary alicyclic amines) is 1. The van der Waals surface area contributed by atoms with Crippen LogP contribution in [0.4, 0.5) is 0 Å². The van der Waals surface area contributed by atoms with E-state index in [0.717, 1.165) is 50.0 Å². The Morgan fingerprint density at radius 1 is 0.913 bits per heavy atom. The number of nitrogens with zero attached hydrogens (tertiary/aromatic N) is 1. The molecule has 122 valence electrons. The Balaban J connectivity index is 1.50. The van der Waals surface area contributed by atoms with E-state index in [1.807, 2.05) is 60.7 Å². The second-order valence-electron chi connectivity index (χ2n) is 6.45. The molecule has 3 nitrogen and oxygen atoms in total. The maximum Gasteiger partial charge on any atom is 0.0920 e. The average molecular weight is 311 g/mol. The van der Waals surface area contributed by atoms with E-state index in [-0.39, 0.29) is 0 Å². The molecule has 0 amide bonds. The molecule has 0 radical (unpaired) electrons. The van der Waals surface area contributed by atoms with Crippen LogP contribution < -0.4 is 0 Å². The second kappa shape index (κ2) is 7.26. The van der Waals surface area contributed by atoms with Gasteiger partial charge < -0.3 is 15.1 Å². The molecule has 2 aromatic carbocycles. The average Bonchev–Trinajstić information content (AvgIpc) is 2.62. The summed E-state index contributed by atoms with van der Waals surface area (Å²) in [4.78, 5) is 2.34. The first-order valence-electron chi connectivity index (χ1n) is 8.41. The minimum absolute atomic E-state index is 0.411. The van der Waals surface area contributed by atoms with Crippen molar-refractivity contribution in [3.05, 3.63) is 71.8 Å². The number of piperidine rings is 1. The van der Waals surface area contributed by atoms with E-state index in [0.29, 0.717) is 0 Å². The fourth-order valence-electron chi connectivity index (χ4n) is 3.33. The van der Waals surface area contributed by atoms with E-state index in [2.05, 4.69) is 4.90 Å². The van der Waals surface area contributed by atoms with Gasteiger partial charge in [0.1, 0.15) is 0 Å². The predicted molar refractivity (Wildman–Crippen MR) is 92.0 cm³/mol. The molecule has 1 atom stereocenters. The van der Waals surface area contributed by atoms with E-state index in [9.17, 15) is 10.2 Å². The third kappa shape index (κ3) is 3.99. The third-order valence-corrected chi connectivity index (χ3v) is 4.90. The number of aliphatic hydroxyl groups is 2. The number of hydrogen-bond acceptors (Lipinski definition) is 3. The summed E-state index contributed by atoms with van der Waals surface area (Å²) in [6.45, 7) is 2.60. The number of benzene rings is 2. The molecule has 0 saturated carbocycles. The van der Waals surface area contributed by atoms with Crippen LogP contribution in [0.3, 0.4) is 0 Å². The third-order valence-electron chi connectivity index (χ3n) is 4.90. The van der Waals surface area contributed by atoms with Gasteiger partial charge in [0.05, 0.1) is 11.7 Å². The topological polar surface area (TPSA) is 43.7 Å². The smallest absolute Gasteiger partial charge is 0.0920 e. The molecule has 2 aromatic rings. The Bertz CT molecular complexity index is 589. The van der Waals surface area contributed by atoms with Gasteiger partial charge in [0.2, 0.25) is 0 Å². The van der Waals surface area contributed by atoms with Crippen LogP contribution in [0.1, 0.15) is 36.5 Å². The summed E-state index contributed by atoms with van der Waals surface area (Å²) in [5, 5.41) is 21.1. The number of rotatable bonds is 5. The first-order chi connectivity index (χ1) is 11.2. The van der Waals surface area contributed by atoms with E-state index >= 15 is 0 Å². The quantitative estimate of drug-likeness (QED) is 0.892. The molecule has 1 aliphatic heterocycles. The van der Waals surface area contributed by atoms with Crippen molar-refractivity contribution in [3.63, 3.8) is 0 Å². The predicted octanol–water partition coefficient (Wildman–Crippen LogP) is 3.09. The maximum atomic E-state index is 10.8. The van der Waals surface area contributed by atoms with Crippen LogP contribution in [-0.4, -0.2) is 34.7 Å². The van der Waals surface area contributed by atoms with Gasteiger partial charge in [0.25, 0.3) is 0 Å². The molecular weight excluding hydrogens is 286 g/mol. The number of aliphatic hydroxyl groups excluding tert-OH is 1. The summed E-state index contributed by atoms with van der Waals surface area (Å²) in [7, 11) is 0. The SMILES string of the molecule is OC(CCN1CCC(O)(c2ccccc2)CC1)c1ccccc1. The molecule has 1 aliphatic rings. The summed E-state index contributed by atoms with van der Waals surface area (Å²) < 4.78 is 0. The Kier molecular flexibility index (Phi) is 5.11. The van der Waals surface area contributed by atoms with Crippen molar-refractivity contribution >= 4 is 0 Å². The van der Waals surface area contributed by atoms with Gasteiger partial charge in [-0.1, -0.05) is 60.7 Å². The van der Waals surface area contributed by atoms with Crippen molar-refractivity contribution in [2.24, 2.45) is 0 Å². The molecule has 2 N–H and O–H groups in total. The van der Waals surface area contributed by atoms with Gasteiger partial charge in [0, 0.05) is 19.6 Å². The molecule has 1 unspecified atom stereocenters. The van der Waals surface area contributed by atoms with Crippen molar-refractivity contribution in [2.45, 2.75) is 31.0 Å². The Morgan fingerprint density at radius 3 is 2.09 bits per heavy atom. The molecule has 1 saturated heterocycles. The van der Waals surface area contributed by atoms with Crippen molar-refractivity contribution in [1.82, 2.24) is 4.90 Å². The van der Waals surface area contributed by atoms with Gasteiger partial charge >= 0.3 is 0 Å². The largest absolute Gasteiger partial charge is 0.388 e. The molecule has 3 rings (SSSR count). The van der Waals surface area contributed by atoms with Crippen molar-refractivity contribution in [3.8, 4) is 0 Å². The normalized spacial score (nSPS) is 19.4. The highest BCUT2D eigenvalue weighted by Crippen LogP contribution is 2.32. The van der Waals surface area contributed by atoms with Gasteiger partial charge in [-0.2, -0.15) is 0 Å². The zero-order valence-corrected chi connectivity index (χ0v) is 13.4. The fraction of sp³-hybridized carbons (Fsp3) is 0.400. The minimum atomic E-state index is -0.699. The Hall–Kier alpha value is -1.68. The van der Waals surface area contributed by atoms with Crippen LogP contribution in [0.15, 0.2) is 60.7 Å². The first kappa shape index (κ1) is 16.2. The van der Waals surface area contributed by atoms with Crippen LogP contribution >= 0.6 is 0 Å². The summed E-state index contributed by atoms with van der Waals surface area (Å²) >= 11 is 0. The second-order valence-corrected chi connectivity index (χ2v) is 6.45. The van der Waals surface area contributed by atoms with Gasteiger partial charge in [0.15, 0.2) is 0 Å². The van der Waals surface area contributed by atoms with Crippen molar-refractivity contribution in [2.75, 3.05) is 19.6 Å². The summed E-state index contributed by atoms with van der Waals surface area (Å²) in [5.74, 6) is 0. The molecule has 1 heterocycles. The zero-order valence-electron chi connectivity index (χ0n) is 13.4. The van der Waals surface area contributed by atoms with Crippen molar-refractivity contribution < 1.29 is 10.2 Å². The van der Waals surface area contributed by atoms with Gasteiger partial charge in [-0.3, -0.25) is 0 Å². The van der Waals surface area contributed by atoms with E-state index in [1.54, 1.807) is 0 Å². The van der Waals surface area contributed by atoms with Gasteiger partial charge in [-0.15, -0.1) is 0 Å². The first-order valence-corrected chi connectivity index (χ1v) is 8.41. The molecular formula is C20H25NO2. The molecule has 0 bridgehead atoms. The Labute approximate surface area is 138 Å². The van der Waals surface area contributed by atoms with Crippen molar-refractivity contribution in [1.29, 1.82) is 0 Å². The lowest BCUT2D eigenvalue weighted by Crippen LogP contribution is -2.43. The molecule has 0 aliphatic carbocycles.